The SMILES string of the molecule is COc1cc(C(=O)CCC(C)(O)c2cc(C3(N)CC3)cc(-c3ccc(C)cc3)n2)ccc1OC[C@@H](C)O. The van der Waals surface area contributed by atoms with Crippen LogP contribution in [0.4, 0.5) is 0 Å². The van der Waals surface area contributed by atoms with Crippen molar-refractivity contribution >= 4 is 5.78 Å². The number of Topliss-reactive ketones (excluding diaryl/α,β-unsaturated/α-hetero) is 1. The van der Waals surface area contributed by atoms with Crippen LogP contribution in [0.25, 0.3) is 11.3 Å². The summed E-state index contributed by atoms with van der Waals surface area (Å²) in [5, 5.41) is 20.9. The molecule has 196 valence electrons. The number of methoxy groups -OCH3 is 1. The number of hydrogen-bond donors (Lipinski definition) is 3. The average Bonchev–Trinajstić information content (AvgIpc) is 3.64. The fourth-order valence-corrected chi connectivity index (χ4v) is 4.19. The molecule has 2 aromatic carbocycles. The number of ether oxygens (including phenoxy) is 2. The fourth-order valence-electron chi connectivity index (χ4n) is 4.19. The third kappa shape index (κ3) is 6.36. The standard InChI is InChI=1S/C30H36N2O5/c1-19-5-7-21(8-6-19)24-16-23(30(31)13-14-30)17-28(32-24)29(3,35)12-11-25(34)22-9-10-26(27(15-22)36-4)37-18-20(2)33/h5-10,15-17,20,33,35H,11-14,18,31H2,1-4H3/t20-,29?/m1/s1. The highest BCUT2D eigenvalue weighted by atomic mass is 16.5. The molecule has 1 aliphatic carbocycles. The second-order valence-corrected chi connectivity index (χ2v) is 10.4. The molecule has 0 saturated heterocycles. The van der Waals surface area contributed by atoms with Crippen molar-refractivity contribution in [2.24, 2.45) is 5.73 Å². The molecular formula is C30H36N2O5. The van der Waals surface area contributed by atoms with E-state index in [1.807, 2.05) is 43.3 Å². The van der Waals surface area contributed by atoms with E-state index in [4.69, 9.17) is 20.2 Å². The molecule has 37 heavy (non-hydrogen) atoms. The van der Waals surface area contributed by atoms with Crippen LogP contribution >= 0.6 is 0 Å². The Kier molecular flexibility index (Phi) is 7.69. The van der Waals surface area contributed by atoms with Gasteiger partial charge in [0.15, 0.2) is 17.3 Å². The summed E-state index contributed by atoms with van der Waals surface area (Å²) in [7, 11) is 1.50. The van der Waals surface area contributed by atoms with E-state index in [0.717, 1.165) is 35.2 Å². The van der Waals surface area contributed by atoms with Crippen molar-refractivity contribution in [2.75, 3.05) is 13.7 Å². The van der Waals surface area contributed by atoms with E-state index in [1.54, 1.807) is 32.0 Å². The maximum atomic E-state index is 13.0. The number of benzene rings is 2. The zero-order valence-corrected chi connectivity index (χ0v) is 22.0. The van der Waals surface area contributed by atoms with Crippen LogP contribution in [-0.2, 0) is 11.1 Å². The van der Waals surface area contributed by atoms with E-state index in [1.165, 1.54) is 7.11 Å². The van der Waals surface area contributed by atoms with Crippen LogP contribution in [0.2, 0.25) is 0 Å². The monoisotopic (exact) mass is 504 g/mol. The smallest absolute Gasteiger partial charge is 0.163 e. The van der Waals surface area contributed by atoms with Crippen LogP contribution in [0.5, 0.6) is 11.5 Å². The van der Waals surface area contributed by atoms with Crippen molar-refractivity contribution in [1.29, 1.82) is 0 Å². The van der Waals surface area contributed by atoms with Crippen molar-refractivity contribution in [3.63, 3.8) is 0 Å². The summed E-state index contributed by atoms with van der Waals surface area (Å²) in [5.74, 6) is 0.730. The number of carbonyl (C=O) groups is 1. The molecule has 1 aromatic heterocycles. The van der Waals surface area contributed by atoms with E-state index in [9.17, 15) is 15.0 Å². The van der Waals surface area contributed by atoms with Crippen molar-refractivity contribution < 1.29 is 24.5 Å². The minimum Gasteiger partial charge on any atom is -0.493 e. The molecule has 0 aliphatic heterocycles. The summed E-state index contributed by atoms with van der Waals surface area (Å²) in [4.78, 5) is 17.8. The lowest BCUT2D eigenvalue weighted by Gasteiger charge is -2.25. The van der Waals surface area contributed by atoms with Gasteiger partial charge in [0.1, 0.15) is 12.2 Å². The molecule has 0 bridgehead atoms. The number of aliphatic hydroxyl groups excluding tert-OH is 1. The molecule has 1 aliphatic rings. The molecule has 7 heteroatoms. The van der Waals surface area contributed by atoms with Crippen molar-refractivity contribution in [1.82, 2.24) is 4.98 Å². The predicted molar refractivity (Wildman–Crippen MR) is 143 cm³/mol. The molecule has 7 nitrogen and oxygen atoms in total. The van der Waals surface area contributed by atoms with Crippen LogP contribution in [0.3, 0.4) is 0 Å². The number of aliphatic hydroxyl groups is 2. The molecule has 1 fully saturated rings. The Morgan fingerprint density at radius 1 is 1.14 bits per heavy atom. The molecule has 4 rings (SSSR count). The van der Waals surface area contributed by atoms with Crippen LogP contribution in [0.15, 0.2) is 54.6 Å². The van der Waals surface area contributed by atoms with E-state index >= 15 is 0 Å². The van der Waals surface area contributed by atoms with Crippen LogP contribution < -0.4 is 15.2 Å². The highest BCUT2D eigenvalue weighted by Gasteiger charge is 2.41. The first-order valence-corrected chi connectivity index (χ1v) is 12.6. The zero-order valence-electron chi connectivity index (χ0n) is 22.0. The number of aryl methyl sites for hydroxylation is 1. The second-order valence-electron chi connectivity index (χ2n) is 10.4. The molecule has 4 N–H and O–H groups in total. The highest BCUT2D eigenvalue weighted by Crippen LogP contribution is 2.44. The quantitative estimate of drug-likeness (QED) is 0.326. The largest absolute Gasteiger partial charge is 0.493 e. The zero-order chi connectivity index (χ0) is 26.8. The molecule has 1 unspecified atom stereocenters. The van der Waals surface area contributed by atoms with Gasteiger partial charge in [-0.2, -0.15) is 0 Å². The predicted octanol–water partition coefficient (Wildman–Crippen LogP) is 4.64. The summed E-state index contributed by atoms with van der Waals surface area (Å²) < 4.78 is 10.9. The van der Waals surface area contributed by atoms with Crippen LogP contribution in [0, 0.1) is 6.92 Å². The maximum absolute atomic E-state index is 13.0. The van der Waals surface area contributed by atoms with Gasteiger partial charge in [-0.05, 0) is 75.9 Å². The molecular weight excluding hydrogens is 468 g/mol. The summed E-state index contributed by atoms with van der Waals surface area (Å²) >= 11 is 0. The number of aromatic nitrogens is 1. The normalized spacial score (nSPS) is 16.5. The Hall–Kier alpha value is -3.26. The Morgan fingerprint density at radius 2 is 1.84 bits per heavy atom. The maximum Gasteiger partial charge on any atom is 0.163 e. The first kappa shape index (κ1) is 26.8. The first-order chi connectivity index (χ1) is 17.5. The van der Waals surface area contributed by atoms with Crippen LogP contribution in [-0.4, -0.2) is 40.8 Å². The van der Waals surface area contributed by atoms with Gasteiger partial charge in [-0.15, -0.1) is 0 Å². The Balaban J connectivity index is 1.54. The number of pyridine rings is 1. The number of nitrogens with zero attached hydrogens (tertiary/aromatic N) is 1. The number of hydrogen-bond acceptors (Lipinski definition) is 7. The summed E-state index contributed by atoms with van der Waals surface area (Å²) in [6.45, 7) is 5.47. The van der Waals surface area contributed by atoms with Gasteiger partial charge in [0, 0.05) is 23.1 Å². The number of nitrogens with two attached hydrogens (primary N) is 1. The van der Waals surface area contributed by atoms with E-state index in [2.05, 4.69) is 0 Å². The molecule has 3 aromatic rings. The number of ketones is 1. The lowest BCUT2D eigenvalue weighted by atomic mass is 9.90. The fraction of sp³-hybridized carbons (Fsp3) is 0.400. The highest BCUT2D eigenvalue weighted by molar-refractivity contribution is 5.96. The van der Waals surface area contributed by atoms with E-state index in [0.29, 0.717) is 22.8 Å². The van der Waals surface area contributed by atoms with Gasteiger partial charge in [-0.25, -0.2) is 4.98 Å². The Labute approximate surface area is 218 Å². The molecule has 1 saturated carbocycles. The van der Waals surface area contributed by atoms with E-state index in [-0.39, 0.29) is 25.2 Å². The lowest BCUT2D eigenvalue weighted by Crippen LogP contribution is -2.26. The number of rotatable bonds is 11. The molecule has 2 atom stereocenters. The minimum absolute atomic E-state index is 0.115. The Morgan fingerprint density at radius 3 is 2.46 bits per heavy atom. The van der Waals surface area contributed by atoms with Gasteiger partial charge in [0.05, 0.1) is 24.6 Å². The van der Waals surface area contributed by atoms with Gasteiger partial charge in [-0.3, -0.25) is 4.79 Å². The molecule has 1 heterocycles. The molecule has 0 amide bonds. The van der Waals surface area contributed by atoms with E-state index < -0.39 is 17.2 Å². The third-order valence-corrected chi connectivity index (χ3v) is 6.89. The van der Waals surface area contributed by atoms with Crippen molar-refractivity contribution in [3.8, 4) is 22.8 Å². The van der Waals surface area contributed by atoms with Crippen LogP contribution in [0.1, 0.15) is 66.7 Å². The summed E-state index contributed by atoms with van der Waals surface area (Å²) in [6.07, 6.45) is 1.46. The van der Waals surface area contributed by atoms with Gasteiger partial charge in [0.2, 0.25) is 0 Å². The van der Waals surface area contributed by atoms with Gasteiger partial charge >= 0.3 is 0 Å². The van der Waals surface area contributed by atoms with Gasteiger partial charge in [0.25, 0.3) is 0 Å². The third-order valence-electron chi connectivity index (χ3n) is 6.89. The molecule has 0 spiro atoms. The Bertz CT molecular complexity index is 1260. The minimum atomic E-state index is -1.33. The van der Waals surface area contributed by atoms with Crippen molar-refractivity contribution in [2.45, 2.75) is 63.7 Å². The van der Waals surface area contributed by atoms with Gasteiger partial charge in [-0.1, -0.05) is 29.8 Å². The summed E-state index contributed by atoms with van der Waals surface area (Å²) in [5.41, 5.74) is 9.59. The average molecular weight is 505 g/mol. The second kappa shape index (κ2) is 10.6. The molecule has 0 radical (unpaired) electrons. The lowest BCUT2D eigenvalue weighted by molar-refractivity contribution is 0.0397. The first-order valence-electron chi connectivity index (χ1n) is 12.6. The topological polar surface area (TPSA) is 115 Å². The summed E-state index contributed by atoms with van der Waals surface area (Å²) in [6, 6.07) is 16.9. The van der Waals surface area contributed by atoms with Crippen molar-refractivity contribution in [3.05, 3.63) is 77.0 Å². The van der Waals surface area contributed by atoms with Gasteiger partial charge < -0.3 is 25.4 Å². The number of carbonyl (C=O) groups excluding carboxylic acids is 1.